The first kappa shape index (κ1) is 11.3. The Labute approximate surface area is 87.1 Å². The number of furan rings is 1. The molecule has 5 nitrogen and oxygen atoms in total. The van der Waals surface area contributed by atoms with E-state index in [1.54, 1.807) is 18.4 Å². The first-order valence-electron chi connectivity index (χ1n) is 4.66. The van der Waals surface area contributed by atoms with Gasteiger partial charge < -0.3 is 14.8 Å². The van der Waals surface area contributed by atoms with Crippen molar-refractivity contribution in [1.29, 1.82) is 0 Å². The quantitative estimate of drug-likeness (QED) is 0.654. The Balaban J connectivity index is 2.42. The van der Waals surface area contributed by atoms with E-state index in [9.17, 15) is 9.59 Å². The van der Waals surface area contributed by atoms with Crippen LogP contribution in [0.3, 0.4) is 0 Å². The standard InChI is InChI=1S/C10H13NO4/c12-7-11-8(3-4-10(13)14)6-9-2-1-5-15-9/h1-2,5,7-8H,3-4,6H2,(H,11,12)(H,13,14). The molecule has 0 aromatic carbocycles. The van der Waals surface area contributed by atoms with E-state index in [1.165, 1.54) is 0 Å². The molecule has 1 rings (SSSR count). The van der Waals surface area contributed by atoms with Gasteiger partial charge in [-0.2, -0.15) is 0 Å². The second-order valence-electron chi connectivity index (χ2n) is 3.20. The van der Waals surface area contributed by atoms with Crippen molar-refractivity contribution in [3.63, 3.8) is 0 Å². The van der Waals surface area contributed by atoms with E-state index in [4.69, 9.17) is 9.52 Å². The minimum Gasteiger partial charge on any atom is -0.481 e. The summed E-state index contributed by atoms with van der Waals surface area (Å²) < 4.78 is 5.11. The van der Waals surface area contributed by atoms with Crippen LogP contribution < -0.4 is 5.32 Å². The number of amides is 1. The molecule has 1 heterocycles. The number of hydrogen-bond donors (Lipinski definition) is 2. The highest BCUT2D eigenvalue weighted by molar-refractivity contribution is 5.66. The first-order valence-corrected chi connectivity index (χ1v) is 4.66. The largest absolute Gasteiger partial charge is 0.481 e. The topological polar surface area (TPSA) is 79.5 Å². The molecule has 1 aromatic heterocycles. The van der Waals surface area contributed by atoms with E-state index in [-0.39, 0.29) is 12.5 Å². The lowest BCUT2D eigenvalue weighted by atomic mass is 10.1. The van der Waals surface area contributed by atoms with Crippen LogP contribution in [0.1, 0.15) is 18.6 Å². The second kappa shape index (κ2) is 5.85. The fourth-order valence-corrected chi connectivity index (χ4v) is 1.31. The summed E-state index contributed by atoms with van der Waals surface area (Å²) in [7, 11) is 0. The summed E-state index contributed by atoms with van der Waals surface area (Å²) in [6.45, 7) is 0. The Bertz CT molecular complexity index is 307. The average molecular weight is 211 g/mol. The van der Waals surface area contributed by atoms with E-state index in [1.807, 2.05) is 0 Å². The fourth-order valence-electron chi connectivity index (χ4n) is 1.31. The molecule has 15 heavy (non-hydrogen) atoms. The van der Waals surface area contributed by atoms with Crippen LogP contribution in [0.4, 0.5) is 0 Å². The van der Waals surface area contributed by atoms with Crippen LogP contribution in [-0.4, -0.2) is 23.5 Å². The van der Waals surface area contributed by atoms with Gasteiger partial charge in [0, 0.05) is 18.9 Å². The Kier molecular flexibility index (Phi) is 4.40. The Hall–Kier alpha value is -1.78. The zero-order valence-corrected chi connectivity index (χ0v) is 8.18. The molecule has 0 bridgehead atoms. The van der Waals surface area contributed by atoms with Crippen LogP contribution in [0.15, 0.2) is 22.8 Å². The van der Waals surface area contributed by atoms with Crippen molar-refractivity contribution in [3.8, 4) is 0 Å². The SMILES string of the molecule is O=CNC(CCC(=O)O)Cc1ccco1. The summed E-state index contributed by atoms with van der Waals surface area (Å²) in [5.74, 6) is -0.133. The zero-order chi connectivity index (χ0) is 11.1. The van der Waals surface area contributed by atoms with E-state index < -0.39 is 5.97 Å². The summed E-state index contributed by atoms with van der Waals surface area (Å²) in [6.07, 6.45) is 3.07. The second-order valence-corrected chi connectivity index (χ2v) is 3.20. The molecule has 0 fully saturated rings. The summed E-state index contributed by atoms with van der Waals surface area (Å²) in [5, 5.41) is 11.1. The maximum atomic E-state index is 10.4. The molecular formula is C10H13NO4. The molecule has 0 aliphatic heterocycles. The summed E-state index contributed by atoms with van der Waals surface area (Å²) >= 11 is 0. The molecule has 0 radical (unpaired) electrons. The molecule has 1 aromatic rings. The van der Waals surface area contributed by atoms with Gasteiger partial charge in [-0.05, 0) is 18.6 Å². The van der Waals surface area contributed by atoms with Gasteiger partial charge in [0.05, 0.1) is 6.26 Å². The lowest BCUT2D eigenvalue weighted by Crippen LogP contribution is -2.30. The van der Waals surface area contributed by atoms with Crippen molar-refractivity contribution in [3.05, 3.63) is 24.2 Å². The van der Waals surface area contributed by atoms with E-state index in [0.717, 1.165) is 5.76 Å². The lowest BCUT2D eigenvalue weighted by Gasteiger charge is -2.12. The normalized spacial score (nSPS) is 12.0. The molecule has 0 saturated carbocycles. The highest BCUT2D eigenvalue weighted by atomic mass is 16.4. The highest BCUT2D eigenvalue weighted by Crippen LogP contribution is 2.08. The fraction of sp³-hybridized carbons (Fsp3) is 0.400. The summed E-state index contributed by atoms with van der Waals surface area (Å²) in [6, 6.07) is 3.36. The molecule has 0 spiro atoms. The van der Waals surface area contributed by atoms with Crippen LogP contribution in [0.5, 0.6) is 0 Å². The minimum absolute atomic E-state index is 0.0339. The number of carbonyl (C=O) groups is 2. The molecule has 0 aliphatic rings. The Morgan fingerprint density at radius 3 is 3.00 bits per heavy atom. The van der Waals surface area contributed by atoms with E-state index in [0.29, 0.717) is 19.3 Å². The molecule has 0 saturated heterocycles. The van der Waals surface area contributed by atoms with Gasteiger partial charge >= 0.3 is 5.97 Å². The van der Waals surface area contributed by atoms with Crippen LogP contribution in [0, 0.1) is 0 Å². The van der Waals surface area contributed by atoms with Gasteiger partial charge in [-0.1, -0.05) is 0 Å². The molecule has 2 N–H and O–H groups in total. The van der Waals surface area contributed by atoms with Gasteiger partial charge in [-0.3, -0.25) is 9.59 Å². The molecular weight excluding hydrogens is 198 g/mol. The predicted octanol–water partition coefficient (Wildman–Crippen LogP) is 0.801. The number of carbonyl (C=O) groups excluding carboxylic acids is 1. The van der Waals surface area contributed by atoms with Crippen molar-refractivity contribution in [1.82, 2.24) is 5.32 Å². The molecule has 1 unspecified atom stereocenters. The van der Waals surface area contributed by atoms with Crippen molar-refractivity contribution in [2.24, 2.45) is 0 Å². The lowest BCUT2D eigenvalue weighted by molar-refractivity contribution is -0.137. The zero-order valence-electron chi connectivity index (χ0n) is 8.18. The monoisotopic (exact) mass is 211 g/mol. The maximum absolute atomic E-state index is 10.4. The third-order valence-electron chi connectivity index (χ3n) is 2.04. The van der Waals surface area contributed by atoms with Crippen LogP contribution in [-0.2, 0) is 16.0 Å². The number of hydrogen-bond acceptors (Lipinski definition) is 3. The van der Waals surface area contributed by atoms with Crippen LogP contribution >= 0.6 is 0 Å². The van der Waals surface area contributed by atoms with Gasteiger partial charge in [0.15, 0.2) is 0 Å². The van der Waals surface area contributed by atoms with E-state index in [2.05, 4.69) is 5.32 Å². The highest BCUT2D eigenvalue weighted by Gasteiger charge is 2.11. The third-order valence-corrected chi connectivity index (χ3v) is 2.04. The predicted molar refractivity (Wildman–Crippen MR) is 52.3 cm³/mol. The summed E-state index contributed by atoms with van der Waals surface area (Å²) in [4.78, 5) is 20.7. The third kappa shape index (κ3) is 4.30. The Morgan fingerprint density at radius 2 is 2.47 bits per heavy atom. The van der Waals surface area contributed by atoms with Crippen LogP contribution in [0.25, 0.3) is 0 Å². The van der Waals surface area contributed by atoms with Gasteiger partial charge in [-0.15, -0.1) is 0 Å². The smallest absolute Gasteiger partial charge is 0.303 e. The molecule has 0 aliphatic carbocycles. The van der Waals surface area contributed by atoms with E-state index >= 15 is 0 Å². The number of carboxylic acids is 1. The number of carboxylic acid groups (broad SMARTS) is 1. The van der Waals surface area contributed by atoms with Crippen LogP contribution in [0.2, 0.25) is 0 Å². The van der Waals surface area contributed by atoms with Crippen molar-refractivity contribution < 1.29 is 19.1 Å². The van der Waals surface area contributed by atoms with Gasteiger partial charge in [0.25, 0.3) is 0 Å². The molecule has 1 amide bonds. The Morgan fingerprint density at radius 1 is 1.67 bits per heavy atom. The van der Waals surface area contributed by atoms with Crippen molar-refractivity contribution in [2.45, 2.75) is 25.3 Å². The van der Waals surface area contributed by atoms with Crippen molar-refractivity contribution in [2.75, 3.05) is 0 Å². The average Bonchev–Trinajstić information content (AvgIpc) is 2.67. The van der Waals surface area contributed by atoms with Gasteiger partial charge in [0.2, 0.25) is 6.41 Å². The van der Waals surface area contributed by atoms with Crippen molar-refractivity contribution >= 4 is 12.4 Å². The summed E-state index contributed by atoms with van der Waals surface area (Å²) in [5.41, 5.74) is 0. The molecule has 5 heteroatoms. The number of rotatable bonds is 7. The minimum atomic E-state index is -0.868. The maximum Gasteiger partial charge on any atom is 0.303 e. The molecule has 1 atom stereocenters. The van der Waals surface area contributed by atoms with Gasteiger partial charge in [0.1, 0.15) is 5.76 Å². The number of nitrogens with one attached hydrogen (secondary N) is 1. The van der Waals surface area contributed by atoms with Gasteiger partial charge in [-0.25, -0.2) is 0 Å². The molecule has 82 valence electrons. The first-order chi connectivity index (χ1) is 7.22. The number of aliphatic carboxylic acids is 1.